The molecule has 154 valence electrons. The van der Waals surface area contributed by atoms with Gasteiger partial charge in [0.2, 0.25) is 0 Å². The van der Waals surface area contributed by atoms with Crippen molar-refractivity contribution in [3.63, 3.8) is 0 Å². The van der Waals surface area contributed by atoms with Gasteiger partial charge in [0.05, 0.1) is 0 Å². The second-order valence-electron chi connectivity index (χ2n) is 7.40. The number of para-hydroxylation sites is 1. The molecular weight excluding hydrogens is 394 g/mol. The zero-order valence-corrected chi connectivity index (χ0v) is 17.7. The molecule has 0 spiro atoms. The smallest absolute Gasteiger partial charge is 0.142 e. The SMILES string of the molecule is Clc1ccc(CON=C(CN2CCN(c3ccccc3)CC2)c2ccccc2)cc1. The number of benzene rings is 3. The molecule has 4 nitrogen and oxygen atoms in total. The number of anilines is 1. The standard InChI is InChI=1S/C25H26ClN3O/c26-23-13-11-21(12-14-23)20-30-27-25(22-7-3-1-4-8-22)19-28-15-17-29(18-16-28)24-9-5-2-6-10-24/h1-14H,15-20H2. The lowest BCUT2D eigenvalue weighted by atomic mass is 10.1. The summed E-state index contributed by atoms with van der Waals surface area (Å²) in [5.41, 5.74) is 4.39. The molecule has 1 aliphatic rings. The third kappa shape index (κ3) is 5.62. The van der Waals surface area contributed by atoms with Gasteiger partial charge in [-0.25, -0.2) is 0 Å². The molecular formula is C25H26ClN3O. The van der Waals surface area contributed by atoms with E-state index < -0.39 is 0 Å². The molecule has 0 unspecified atom stereocenters. The van der Waals surface area contributed by atoms with Gasteiger partial charge < -0.3 is 9.74 Å². The van der Waals surface area contributed by atoms with Gasteiger partial charge in [0.15, 0.2) is 0 Å². The summed E-state index contributed by atoms with van der Waals surface area (Å²) in [6, 6.07) is 28.5. The highest BCUT2D eigenvalue weighted by molar-refractivity contribution is 6.30. The van der Waals surface area contributed by atoms with Crippen LogP contribution in [0, 0.1) is 0 Å². The summed E-state index contributed by atoms with van der Waals surface area (Å²) in [6.07, 6.45) is 0. The first-order valence-electron chi connectivity index (χ1n) is 10.3. The van der Waals surface area contributed by atoms with Crippen LogP contribution in [0.4, 0.5) is 5.69 Å². The summed E-state index contributed by atoms with van der Waals surface area (Å²) >= 11 is 5.96. The van der Waals surface area contributed by atoms with Crippen molar-refractivity contribution in [1.82, 2.24) is 4.90 Å². The van der Waals surface area contributed by atoms with Gasteiger partial charge in [-0.15, -0.1) is 0 Å². The molecule has 30 heavy (non-hydrogen) atoms. The first-order chi connectivity index (χ1) is 14.8. The van der Waals surface area contributed by atoms with Crippen molar-refractivity contribution in [2.24, 2.45) is 5.16 Å². The molecule has 1 heterocycles. The molecule has 0 amide bonds. The summed E-state index contributed by atoms with van der Waals surface area (Å²) < 4.78 is 0. The van der Waals surface area contributed by atoms with Crippen LogP contribution in [0.15, 0.2) is 90.1 Å². The van der Waals surface area contributed by atoms with Crippen LogP contribution < -0.4 is 4.90 Å². The number of oxime groups is 1. The molecule has 0 bridgehead atoms. The molecule has 0 atom stereocenters. The first kappa shape index (κ1) is 20.5. The predicted octanol–water partition coefficient (Wildman–Crippen LogP) is 5.08. The highest BCUT2D eigenvalue weighted by Crippen LogP contribution is 2.16. The molecule has 1 saturated heterocycles. The maximum absolute atomic E-state index is 5.96. The van der Waals surface area contributed by atoms with Crippen LogP contribution in [0.2, 0.25) is 5.02 Å². The molecule has 0 radical (unpaired) electrons. The van der Waals surface area contributed by atoms with Crippen LogP contribution in [-0.2, 0) is 11.4 Å². The second kappa shape index (κ2) is 10.3. The van der Waals surface area contributed by atoms with Crippen molar-refractivity contribution in [1.29, 1.82) is 0 Å². The van der Waals surface area contributed by atoms with Gasteiger partial charge in [-0.3, -0.25) is 4.90 Å². The number of hydrogen-bond donors (Lipinski definition) is 0. The largest absolute Gasteiger partial charge is 0.391 e. The number of piperazine rings is 1. The minimum absolute atomic E-state index is 0.426. The Morgan fingerprint density at radius 1 is 0.800 bits per heavy atom. The number of halogens is 1. The highest BCUT2D eigenvalue weighted by atomic mass is 35.5. The summed E-state index contributed by atoms with van der Waals surface area (Å²) in [5.74, 6) is 0. The van der Waals surface area contributed by atoms with Crippen molar-refractivity contribution >= 4 is 23.0 Å². The lowest BCUT2D eigenvalue weighted by Gasteiger charge is -2.36. The van der Waals surface area contributed by atoms with Crippen LogP contribution in [0.3, 0.4) is 0 Å². The number of rotatable bonds is 7. The fraction of sp³-hybridized carbons (Fsp3) is 0.240. The Bertz CT molecular complexity index is 937. The zero-order valence-electron chi connectivity index (χ0n) is 17.0. The quantitative estimate of drug-likeness (QED) is 0.394. The third-order valence-electron chi connectivity index (χ3n) is 5.29. The average molecular weight is 420 g/mol. The van der Waals surface area contributed by atoms with Gasteiger partial charge >= 0.3 is 0 Å². The van der Waals surface area contributed by atoms with Crippen LogP contribution in [0.1, 0.15) is 11.1 Å². The molecule has 1 fully saturated rings. The maximum atomic E-state index is 5.96. The van der Waals surface area contributed by atoms with E-state index in [0.717, 1.165) is 54.6 Å². The molecule has 5 heteroatoms. The molecule has 3 aromatic rings. The number of hydrogen-bond acceptors (Lipinski definition) is 4. The molecule has 4 rings (SSSR count). The third-order valence-corrected chi connectivity index (χ3v) is 5.55. The van der Waals surface area contributed by atoms with Gasteiger partial charge in [0.1, 0.15) is 12.3 Å². The van der Waals surface area contributed by atoms with Crippen molar-refractivity contribution in [2.45, 2.75) is 6.61 Å². The monoisotopic (exact) mass is 419 g/mol. The van der Waals surface area contributed by atoms with Gasteiger partial charge in [-0.2, -0.15) is 0 Å². The predicted molar refractivity (Wildman–Crippen MR) is 124 cm³/mol. The van der Waals surface area contributed by atoms with E-state index in [0.29, 0.717) is 6.61 Å². The average Bonchev–Trinajstić information content (AvgIpc) is 2.81. The number of nitrogens with zero attached hydrogens (tertiary/aromatic N) is 3. The normalized spacial score (nSPS) is 15.2. The molecule has 0 aromatic heterocycles. The van der Waals surface area contributed by atoms with Gasteiger partial charge in [-0.05, 0) is 29.8 Å². The molecule has 1 aliphatic heterocycles. The van der Waals surface area contributed by atoms with E-state index in [1.807, 2.05) is 42.5 Å². The van der Waals surface area contributed by atoms with Crippen LogP contribution >= 0.6 is 11.6 Å². The minimum Gasteiger partial charge on any atom is -0.391 e. The second-order valence-corrected chi connectivity index (χ2v) is 7.84. The molecule has 0 N–H and O–H groups in total. The Morgan fingerprint density at radius 3 is 2.10 bits per heavy atom. The van der Waals surface area contributed by atoms with E-state index in [4.69, 9.17) is 16.4 Å². The van der Waals surface area contributed by atoms with E-state index in [1.54, 1.807) is 0 Å². The van der Waals surface area contributed by atoms with E-state index in [-0.39, 0.29) is 0 Å². The summed E-state index contributed by atoms with van der Waals surface area (Å²) in [5, 5.41) is 5.24. The summed E-state index contributed by atoms with van der Waals surface area (Å²) in [6.45, 7) is 5.22. The van der Waals surface area contributed by atoms with E-state index in [9.17, 15) is 0 Å². The van der Waals surface area contributed by atoms with Gasteiger partial charge in [0.25, 0.3) is 0 Å². The van der Waals surface area contributed by atoms with E-state index in [2.05, 4.69) is 57.4 Å². The lowest BCUT2D eigenvalue weighted by molar-refractivity contribution is 0.129. The van der Waals surface area contributed by atoms with Crippen molar-refractivity contribution in [3.8, 4) is 0 Å². The van der Waals surface area contributed by atoms with Gasteiger partial charge in [0, 0.05) is 49.0 Å². The fourth-order valence-electron chi connectivity index (χ4n) is 3.58. The Kier molecular flexibility index (Phi) is 7.01. The first-order valence-corrected chi connectivity index (χ1v) is 10.7. The zero-order chi connectivity index (χ0) is 20.6. The van der Waals surface area contributed by atoms with Crippen LogP contribution in [-0.4, -0.2) is 43.3 Å². The Balaban J connectivity index is 1.39. The highest BCUT2D eigenvalue weighted by Gasteiger charge is 2.19. The Hall–Kier alpha value is -2.82. The topological polar surface area (TPSA) is 28.1 Å². The lowest BCUT2D eigenvalue weighted by Crippen LogP contribution is -2.48. The van der Waals surface area contributed by atoms with Crippen molar-refractivity contribution < 1.29 is 4.84 Å². The van der Waals surface area contributed by atoms with Crippen LogP contribution in [0.25, 0.3) is 0 Å². The van der Waals surface area contributed by atoms with E-state index >= 15 is 0 Å². The Morgan fingerprint density at radius 2 is 1.43 bits per heavy atom. The molecule has 0 saturated carbocycles. The molecule has 0 aliphatic carbocycles. The fourth-order valence-corrected chi connectivity index (χ4v) is 3.71. The minimum atomic E-state index is 0.426. The van der Waals surface area contributed by atoms with Gasteiger partial charge in [-0.1, -0.05) is 77.4 Å². The summed E-state index contributed by atoms with van der Waals surface area (Å²) in [4.78, 5) is 10.6. The maximum Gasteiger partial charge on any atom is 0.142 e. The van der Waals surface area contributed by atoms with Crippen molar-refractivity contribution in [3.05, 3.63) is 101 Å². The summed E-state index contributed by atoms with van der Waals surface area (Å²) in [7, 11) is 0. The molecule has 3 aromatic carbocycles. The Labute approximate surface area is 183 Å². The van der Waals surface area contributed by atoms with E-state index in [1.165, 1.54) is 5.69 Å². The van der Waals surface area contributed by atoms with Crippen LogP contribution in [0.5, 0.6) is 0 Å². The van der Waals surface area contributed by atoms with Crippen molar-refractivity contribution in [2.75, 3.05) is 37.6 Å².